The molecule has 0 aliphatic heterocycles. The molecule has 1 aromatic rings. The van der Waals surface area contributed by atoms with Crippen LogP contribution in [0.2, 0.25) is 0 Å². The average molecular weight is 240 g/mol. The molecule has 1 aromatic heterocycles. The van der Waals surface area contributed by atoms with E-state index in [4.69, 9.17) is 4.42 Å². The molecule has 0 amide bonds. The van der Waals surface area contributed by atoms with Gasteiger partial charge in [-0.1, -0.05) is 25.4 Å². The van der Waals surface area contributed by atoms with Crippen LogP contribution in [0.1, 0.15) is 59.4 Å². The predicted octanol–water partition coefficient (Wildman–Crippen LogP) is 2.73. The SMILES string of the molecule is CCCC(C)(C)Nc1nnc(C(C)NCC)o1. The van der Waals surface area contributed by atoms with Crippen LogP contribution < -0.4 is 10.6 Å². The third-order valence-electron chi connectivity index (χ3n) is 2.64. The van der Waals surface area contributed by atoms with Crippen molar-refractivity contribution in [3.05, 3.63) is 5.89 Å². The van der Waals surface area contributed by atoms with E-state index in [0.717, 1.165) is 19.4 Å². The molecule has 0 fully saturated rings. The van der Waals surface area contributed by atoms with Crippen molar-refractivity contribution in [2.45, 2.75) is 59.0 Å². The molecule has 1 unspecified atom stereocenters. The van der Waals surface area contributed by atoms with E-state index >= 15 is 0 Å². The number of nitrogens with zero attached hydrogens (tertiary/aromatic N) is 2. The van der Waals surface area contributed by atoms with Crippen molar-refractivity contribution in [3.63, 3.8) is 0 Å². The predicted molar refractivity (Wildman–Crippen MR) is 69.0 cm³/mol. The van der Waals surface area contributed by atoms with Gasteiger partial charge in [-0.25, -0.2) is 0 Å². The molecule has 2 N–H and O–H groups in total. The van der Waals surface area contributed by atoms with Gasteiger partial charge in [0.2, 0.25) is 5.89 Å². The third-order valence-corrected chi connectivity index (χ3v) is 2.64. The van der Waals surface area contributed by atoms with Gasteiger partial charge in [-0.2, -0.15) is 0 Å². The summed E-state index contributed by atoms with van der Waals surface area (Å²) in [4.78, 5) is 0. The van der Waals surface area contributed by atoms with Crippen LogP contribution in [0.5, 0.6) is 0 Å². The van der Waals surface area contributed by atoms with Gasteiger partial charge in [0.15, 0.2) is 0 Å². The highest BCUT2D eigenvalue weighted by molar-refractivity contribution is 5.22. The van der Waals surface area contributed by atoms with E-state index in [1.165, 1.54) is 0 Å². The lowest BCUT2D eigenvalue weighted by atomic mass is 9.99. The van der Waals surface area contributed by atoms with Crippen molar-refractivity contribution >= 4 is 6.01 Å². The van der Waals surface area contributed by atoms with Gasteiger partial charge >= 0.3 is 6.01 Å². The molecule has 5 heteroatoms. The molecule has 1 heterocycles. The van der Waals surface area contributed by atoms with E-state index in [9.17, 15) is 0 Å². The minimum atomic E-state index is -0.0139. The summed E-state index contributed by atoms with van der Waals surface area (Å²) in [5.41, 5.74) is -0.0139. The first-order chi connectivity index (χ1) is 7.98. The van der Waals surface area contributed by atoms with Crippen LogP contribution in [0.3, 0.4) is 0 Å². The Bertz CT molecular complexity index is 335. The fraction of sp³-hybridized carbons (Fsp3) is 0.833. The van der Waals surface area contributed by atoms with Gasteiger partial charge in [0, 0.05) is 5.54 Å². The molecule has 98 valence electrons. The fourth-order valence-corrected chi connectivity index (χ4v) is 1.83. The summed E-state index contributed by atoms with van der Waals surface area (Å²) in [7, 11) is 0. The molecule has 1 rings (SSSR count). The second-order valence-corrected chi connectivity index (χ2v) is 4.98. The first-order valence-corrected chi connectivity index (χ1v) is 6.33. The Morgan fingerprint density at radius 1 is 1.29 bits per heavy atom. The number of hydrogen-bond acceptors (Lipinski definition) is 5. The third kappa shape index (κ3) is 4.34. The maximum Gasteiger partial charge on any atom is 0.315 e. The van der Waals surface area contributed by atoms with Crippen molar-refractivity contribution in [1.82, 2.24) is 15.5 Å². The second kappa shape index (κ2) is 6.00. The lowest BCUT2D eigenvalue weighted by molar-refractivity contribution is 0.414. The molecular weight excluding hydrogens is 216 g/mol. The van der Waals surface area contributed by atoms with Gasteiger partial charge in [-0.3, -0.25) is 0 Å². The van der Waals surface area contributed by atoms with Gasteiger partial charge in [0.25, 0.3) is 0 Å². The molecule has 0 bridgehead atoms. The van der Waals surface area contributed by atoms with Gasteiger partial charge in [0.05, 0.1) is 6.04 Å². The molecule has 5 nitrogen and oxygen atoms in total. The first-order valence-electron chi connectivity index (χ1n) is 6.33. The molecule has 0 aliphatic carbocycles. The van der Waals surface area contributed by atoms with E-state index in [0.29, 0.717) is 11.9 Å². The molecule has 0 saturated heterocycles. The highest BCUT2D eigenvalue weighted by atomic mass is 16.4. The average Bonchev–Trinajstić information content (AvgIpc) is 2.65. The Balaban J connectivity index is 2.62. The lowest BCUT2D eigenvalue weighted by Gasteiger charge is -2.24. The zero-order valence-electron chi connectivity index (χ0n) is 11.5. The van der Waals surface area contributed by atoms with Crippen molar-refractivity contribution in [1.29, 1.82) is 0 Å². The van der Waals surface area contributed by atoms with Crippen LogP contribution in [0.25, 0.3) is 0 Å². The summed E-state index contributed by atoms with van der Waals surface area (Å²) in [5.74, 6) is 0.627. The van der Waals surface area contributed by atoms with E-state index in [-0.39, 0.29) is 11.6 Å². The van der Waals surface area contributed by atoms with Crippen molar-refractivity contribution in [3.8, 4) is 0 Å². The molecule has 1 atom stereocenters. The van der Waals surface area contributed by atoms with Crippen LogP contribution >= 0.6 is 0 Å². The zero-order chi connectivity index (χ0) is 12.9. The maximum atomic E-state index is 5.58. The first kappa shape index (κ1) is 14.0. The monoisotopic (exact) mass is 240 g/mol. The number of hydrogen-bond donors (Lipinski definition) is 2. The summed E-state index contributed by atoms with van der Waals surface area (Å²) in [6.45, 7) is 11.4. The minimum Gasteiger partial charge on any atom is -0.406 e. The van der Waals surface area contributed by atoms with E-state index in [1.54, 1.807) is 0 Å². The minimum absolute atomic E-state index is 0.0139. The Morgan fingerprint density at radius 3 is 2.59 bits per heavy atom. The lowest BCUT2D eigenvalue weighted by Crippen LogP contribution is -2.30. The topological polar surface area (TPSA) is 63.0 Å². The summed E-state index contributed by atoms with van der Waals surface area (Å²) < 4.78 is 5.58. The van der Waals surface area contributed by atoms with Crippen molar-refractivity contribution in [2.24, 2.45) is 0 Å². The van der Waals surface area contributed by atoms with Crippen LogP contribution in [-0.2, 0) is 0 Å². The number of rotatable bonds is 7. The smallest absolute Gasteiger partial charge is 0.315 e. The highest BCUT2D eigenvalue weighted by Gasteiger charge is 2.20. The molecule has 0 aliphatic rings. The van der Waals surface area contributed by atoms with Gasteiger partial charge in [0.1, 0.15) is 0 Å². The van der Waals surface area contributed by atoms with Crippen LogP contribution in [-0.4, -0.2) is 22.3 Å². The Hall–Kier alpha value is -1.10. The van der Waals surface area contributed by atoms with E-state index in [2.05, 4.69) is 48.5 Å². The van der Waals surface area contributed by atoms with Crippen LogP contribution in [0, 0.1) is 0 Å². The van der Waals surface area contributed by atoms with Gasteiger partial charge < -0.3 is 15.1 Å². The number of nitrogens with one attached hydrogen (secondary N) is 2. The Morgan fingerprint density at radius 2 is 2.00 bits per heavy atom. The maximum absolute atomic E-state index is 5.58. The largest absolute Gasteiger partial charge is 0.406 e. The molecule has 17 heavy (non-hydrogen) atoms. The second-order valence-electron chi connectivity index (χ2n) is 4.98. The van der Waals surface area contributed by atoms with Crippen molar-refractivity contribution in [2.75, 3.05) is 11.9 Å². The molecule has 0 radical (unpaired) electrons. The van der Waals surface area contributed by atoms with Crippen molar-refractivity contribution < 1.29 is 4.42 Å². The van der Waals surface area contributed by atoms with E-state index < -0.39 is 0 Å². The number of aromatic nitrogens is 2. The fourth-order valence-electron chi connectivity index (χ4n) is 1.83. The summed E-state index contributed by atoms with van der Waals surface area (Å²) in [6.07, 6.45) is 2.18. The van der Waals surface area contributed by atoms with Gasteiger partial charge in [-0.15, -0.1) is 5.10 Å². The molecule has 0 saturated carbocycles. The Kier molecular flexibility index (Phi) is 4.93. The molecule has 0 aromatic carbocycles. The molecular formula is C12H24N4O. The summed E-state index contributed by atoms with van der Waals surface area (Å²) in [6, 6.07) is 0.598. The quantitative estimate of drug-likeness (QED) is 0.767. The normalized spacial score (nSPS) is 13.7. The number of anilines is 1. The standard InChI is InChI=1S/C12H24N4O/c1-6-8-12(4,5)14-11-16-15-10(17-11)9(3)13-7-2/h9,13H,6-8H2,1-5H3,(H,14,16). The zero-order valence-corrected chi connectivity index (χ0v) is 11.5. The van der Waals surface area contributed by atoms with Crippen LogP contribution in [0.4, 0.5) is 6.01 Å². The highest BCUT2D eigenvalue weighted by Crippen LogP contribution is 2.20. The van der Waals surface area contributed by atoms with Crippen LogP contribution in [0.15, 0.2) is 4.42 Å². The summed E-state index contributed by atoms with van der Waals surface area (Å²) >= 11 is 0. The van der Waals surface area contributed by atoms with Gasteiger partial charge in [-0.05, 0) is 33.7 Å². The summed E-state index contributed by atoms with van der Waals surface area (Å²) in [5, 5.41) is 14.6. The molecule has 0 spiro atoms. The van der Waals surface area contributed by atoms with E-state index in [1.807, 2.05) is 6.92 Å². The Labute approximate surface area is 103 Å².